The fourth-order valence-corrected chi connectivity index (χ4v) is 1.98. The predicted molar refractivity (Wildman–Crippen MR) is 77.9 cm³/mol. The fourth-order valence-electron chi connectivity index (χ4n) is 1.98. The lowest BCUT2D eigenvalue weighted by Gasteiger charge is -2.13. The van der Waals surface area contributed by atoms with Crippen LogP contribution in [0.25, 0.3) is 0 Å². The van der Waals surface area contributed by atoms with Gasteiger partial charge in [0.2, 0.25) is 0 Å². The van der Waals surface area contributed by atoms with Crippen molar-refractivity contribution in [3.8, 4) is 11.5 Å². The summed E-state index contributed by atoms with van der Waals surface area (Å²) >= 11 is 0. The van der Waals surface area contributed by atoms with Crippen molar-refractivity contribution in [3.05, 3.63) is 41.7 Å². The third-order valence-corrected chi connectivity index (χ3v) is 3.08. The van der Waals surface area contributed by atoms with E-state index in [9.17, 15) is 0 Å². The van der Waals surface area contributed by atoms with Crippen molar-refractivity contribution in [1.82, 2.24) is 9.78 Å². The normalized spacial score (nSPS) is 10.6. The second-order valence-corrected chi connectivity index (χ2v) is 4.46. The maximum atomic E-state index is 5.81. The molecule has 108 valence electrons. The average molecular weight is 275 g/mol. The molecule has 5 nitrogen and oxygen atoms in total. The Kier molecular flexibility index (Phi) is 5.01. The van der Waals surface area contributed by atoms with Crippen LogP contribution in [0.3, 0.4) is 0 Å². The summed E-state index contributed by atoms with van der Waals surface area (Å²) in [6.45, 7) is 3.64. The second kappa shape index (κ2) is 6.96. The number of hydrogen-bond acceptors (Lipinski definition) is 4. The molecule has 2 rings (SSSR count). The first kappa shape index (κ1) is 14.4. The highest BCUT2D eigenvalue weighted by molar-refractivity contribution is 5.43. The SMILES string of the molecule is CCOc1cc(CN)ccc1OCCc1ccnn1C. The van der Waals surface area contributed by atoms with E-state index < -0.39 is 0 Å². The average Bonchev–Trinajstić information content (AvgIpc) is 2.86. The molecule has 0 aliphatic heterocycles. The summed E-state index contributed by atoms with van der Waals surface area (Å²) in [6, 6.07) is 7.80. The van der Waals surface area contributed by atoms with Crippen LogP contribution in [0, 0.1) is 0 Å². The third-order valence-electron chi connectivity index (χ3n) is 3.08. The lowest BCUT2D eigenvalue weighted by molar-refractivity contribution is 0.277. The minimum atomic E-state index is 0.495. The minimum Gasteiger partial charge on any atom is -0.490 e. The van der Waals surface area contributed by atoms with E-state index in [0.29, 0.717) is 19.8 Å². The Morgan fingerprint density at radius 1 is 1.20 bits per heavy atom. The van der Waals surface area contributed by atoms with Crippen LogP contribution in [-0.2, 0) is 20.0 Å². The number of nitrogens with zero attached hydrogens (tertiary/aromatic N) is 2. The summed E-state index contributed by atoms with van der Waals surface area (Å²) in [6.07, 6.45) is 2.59. The maximum Gasteiger partial charge on any atom is 0.161 e. The summed E-state index contributed by atoms with van der Waals surface area (Å²) in [4.78, 5) is 0. The van der Waals surface area contributed by atoms with E-state index in [0.717, 1.165) is 29.2 Å². The van der Waals surface area contributed by atoms with Crippen molar-refractivity contribution in [1.29, 1.82) is 0 Å². The van der Waals surface area contributed by atoms with Gasteiger partial charge in [0.05, 0.1) is 13.2 Å². The monoisotopic (exact) mass is 275 g/mol. The first-order valence-electron chi connectivity index (χ1n) is 6.80. The Balaban J connectivity index is 1.99. The van der Waals surface area contributed by atoms with Crippen molar-refractivity contribution >= 4 is 0 Å². The largest absolute Gasteiger partial charge is 0.490 e. The standard InChI is InChI=1S/C15H21N3O2/c1-3-19-15-10-12(11-16)4-5-14(15)20-9-7-13-6-8-17-18(13)2/h4-6,8,10H,3,7,9,11,16H2,1-2H3. The van der Waals surface area contributed by atoms with Crippen LogP contribution >= 0.6 is 0 Å². The smallest absolute Gasteiger partial charge is 0.161 e. The maximum absolute atomic E-state index is 5.81. The molecule has 0 spiro atoms. The molecule has 0 aliphatic rings. The molecule has 0 bridgehead atoms. The number of nitrogens with two attached hydrogens (primary N) is 1. The van der Waals surface area contributed by atoms with E-state index in [1.807, 2.05) is 42.9 Å². The summed E-state index contributed by atoms with van der Waals surface area (Å²) < 4.78 is 13.3. The Labute approximate surface area is 119 Å². The summed E-state index contributed by atoms with van der Waals surface area (Å²) in [7, 11) is 1.93. The van der Waals surface area contributed by atoms with Crippen LogP contribution in [0.1, 0.15) is 18.2 Å². The van der Waals surface area contributed by atoms with Crippen LogP contribution in [-0.4, -0.2) is 23.0 Å². The second-order valence-electron chi connectivity index (χ2n) is 4.46. The van der Waals surface area contributed by atoms with E-state index in [4.69, 9.17) is 15.2 Å². The van der Waals surface area contributed by atoms with Gasteiger partial charge in [-0.2, -0.15) is 5.10 Å². The molecule has 0 fully saturated rings. The van der Waals surface area contributed by atoms with Gasteiger partial charge in [-0.3, -0.25) is 4.68 Å². The van der Waals surface area contributed by atoms with E-state index in [2.05, 4.69) is 5.10 Å². The third kappa shape index (κ3) is 3.51. The van der Waals surface area contributed by atoms with Crippen molar-refractivity contribution in [2.24, 2.45) is 12.8 Å². The van der Waals surface area contributed by atoms with E-state index >= 15 is 0 Å². The minimum absolute atomic E-state index is 0.495. The van der Waals surface area contributed by atoms with Gasteiger partial charge >= 0.3 is 0 Å². The van der Waals surface area contributed by atoms with Gasteiger partial charge in [-0.1, -0.05) is 6.07 Å². The van der Waals surface area contributed by atoms with Crippen LogP contribution in [0.5, 0.6) is 11.5 Å². The molecule has 1 aromatic carbocycles. The molecule has 5 heteroatoms. The number of ether oxygens (including phenoxy) is 2. The Morgan fingerprint density at radius 3 is 2.70 bits per heavy atom. The van der Waals surface area contributed by atoms with Gasteiger partial charge in [0.25, 0.3) is 0 Å². The first-order valence-corrected chi connectivity index (χ1v) is 6.80. The number of benzene rings is 1. The zero-order valence-corrected chi connectivity index (χ0v) is 12.0. The van der Waals surface area contributed by atoms with Crippen molar-refractivity contribution in [2.75, 3.05) is 13.2 Å². The molecule has 20 heavy (non-hydrogen) atoms. The van der Waals surface area contributed by atoms with Gasteiger partial charge in [-0.25, -0.2) is 0 Å². The van der Waals surface area contributed by atoms with Crippen LogP contribution in [0.15, 0.2) is 30.5 Å². The van der Waals surface area contributed by atoms with Crippen LogP contribution in [0.2, 0.25) is 0 Å². The van der Waals surface area contributed by atoms with E-state index in [1.54, 1.807) is 6.20 Å². The molecule has 0 radical (unpaired) electrons. The molecule has 0 unspecified atom stereocenters. The van der Waals surface area contributed by atoms with Gasteiger partial charge in [0.1, 0.15) is 0 Å². The summed E-state index contributed by atoms with van der Waals surface area (Å²) in [5.41, 5.74) is 7.81. The zero-order valence-electron chi connectivity index (χ0n) is 12.0. The highest BCUT2D eigenvalue weighted by Crippen LogP contribution is 2.28. The van der Waals surface area contributed by atoms with Gasteiger partial charge in [0, 0.05) is 31.9 Å². The van der Waals surface area contributed by atoms with Crippen molar-refractivity contribution < 1.29 is 9.47 Å². The topological polar surface area (TPSA) is 62.3 Å². The van der Waals surface area contributed by atoms with Gasteiger partial charge in [-0.15, -0.1) is 0 Å². The highest BCUT2D eigenvalue weighted by Gasteiger charge is 2.07. The summed E-state index contributed by atoms with van der Waals surface area (Å²) in [5.74, 6) is 1.51. The summed E-state index contributed by atoms with van der Waals surface area (Å²) in [5, 5.41) is 4.13. The molecule has 1 aromatic heterocycles. The van der Waals surface area contributed by atoms with E-state index in [-0.39, 0.29) is 0 Å². The molecule has 2 aromatic rings. The van der Waals surface area contributed by atoms with E-state index in [1.165, 1.54) is 0 Å². The van der Waals surface area contributed by atoms with Crippen molar-refractivity contribution in [2.45, 2.75) is 19.9 Å². The Bertz CT molecular complexity index is 552. The van der Waals surface area contributed by atoms with Crippen molar-refractivity contribution in [3.63, 3.8) is 0 Å². The quantitative estimate of drug-likeness (QED) is 0.838. The number of aryl methyl sites for hydroxylation is 1. The lowest BCUT2D eigenvalue weighted by Crippen LogP contribution is -2.07. The molecular formula is C15H21N3O2. The molecular weight excluding hydrogens is 254 g/mol. The van der Waals surface area contributed by atoms with Gasteiger partial charge < -0.3 is 15.2 Å². The van der Waals surface area contributed by atoms with Crippen LogP contribution in [0.4, 0.5) is 0 Å². The first-order chi connectivity index (χ1) is 9.74. The highest BCUT2D eigenvalue weighted by atomic mass is 16.5. The fraction of sp³-hybridized carbons (Fsp3) is 0.400. The molecule has 0 atom stereocenters. The number of hydrogen-bond donors (Lipinski definition) is 1. The molecule has 0 aliphatic carbocycles. The molecule has 0 saturated carbocycles. The molecule has 1 heterocycles. The molecule has 2 N–H and O–H groups in total. The van der Waals surface area contributed by atoms with Gasteiger partial charge in [-0.05, 0) is 30.7 Å². The Morgan fingerprint density at radius 2 is 2.05 bits per heavy atom. The predicted octanol–water partition coefficient (Wildman–Crippen LogP) is 1.90. The number of rotatable bonds is 7. The van der Waals surface area contributed by atoms with Crippen LogP contribution < -0.4 is 15.2 Å². The lowest BCUT2D eigenvalue weighted by atomic mass is 10.2. The van der Waals surface area contributed by atoms with Gasteiger partial charge in [0.15, 0.2) is 11.5 Å². The Hall–Kier alpha value is -2.01. The zero-order chi connectivity index (χ0) is 14.4. The molecule has 0 saturated heterocycles. The molecule has 0 amide bonds. The number of aromatic nitrogens is 2.